The highest BCUT2D eigenvalue weighted by atomic mass is 16.2. The van der Waals surface area contributed by atoms with Gasteiger partial charge in [-0.2, -0.15) is 0 Å². The standard InChI is InChI=1S/C20H21N7O2/c1-2-21-19(28)13-3-7-15(8-4-13)27-16(9-10-17-22-11-12-23-17)18(25-26-27)20(29)24-14-5-6-14/h3-4,7-12,14H,2,5-6H2,1H3,(H,21,28)(H,22,23)(H,24,29)/b10-9+. The third kappa shape index (κ3) is 4.23. The molecule has 9 nitrogen and oxygen atoms in total. The SMILES string of the molecule is CCNC(=O)c1ccc(-n2nnc(C(=O)NC3CC3)c2/C=C/c2ncc[nH]2)cc1. The summed E-state index contributed by atoms with van der Waals surface area (Å²) in [7, 11) is 0. The van der Waals surface area contributed by atoms with Crippen molar-refractivity contribution >= 4 is 24.0 Å². The summed E-state index contributed by atoms with van der Waals surface area (Å²) in [5, 5.41) is 14.0. The number of rotatable bonds is 7. The number of carbonyl (C=O) groups excluding carboxylic acids is 2. The van der Waals surface area contributed by atoms with Crippen molar-refractivity contribution in [3.63, 3.8) is 0 Å². The van der Waals surface area contributed by atoms with E-state index in [-0.39, 0.29) is 23.6 Å². The number of aromatic amines is 1. The highest BCUT2D eigenvalue weighted by Crippen LogP contribution is 2.21. The zero-order chi connectivity index (χ0) is 20.2. The monoisotopic (exact) mass is 391 g/mol. The molecule has 3 N–H and O–H groups in total. The fourth-order valence-corrected chi connectivity index (χ4v) is 2.82. The van der Waals surface area contributed by atoms with Crippen LogP contribution < -0.4 is 10.6 Å². The highest BCUT2D eigenvalue weighted by Gasteiger charge is 2.27. The second kappa shape index (κ2) is 8.09. The molecule has 2 amide bonds. The summed E-state index contributed by atoms with van der Waals surface area (Å²) in [5.41, 5.74) is 2.02. The summed E-state index contributed by atoms with van der Waals surface area (Å²) in [6, 6.07) is 7.18. The van der Waals surface area contributed by atoms with Crippen LogP contribution in [-0.4, -0.2) is 49.4 Å². The molecule has 1 aliphatic rings. The lowest BCUT2D eigenvalue weighted by atomic mass is 10.2. The molecule has 0 saturated heterocycles. The predicted molar refractivity (Wildman–Crippen MR) is 107 cm³/mol. The molecule has 0 radical (unpaired) electrons. The summed E-state index contributed by atoms with van der Waals surface area (Å²) in [5.74, 6) is 0.259. The van der Waals surface area contributed by atoms with Gasteiger partial charge in [-0.25, -0.2) is 9.67 Å². The summed E-state index contributed by atoms with van der Waals surface area (Å²) in [6.07, 6.45) is 8.84. The van der Waals surface area contributed by atoms with Crippen molar-refractivity contribution in [1.82, 2.24) is 35.6 Å². The van der Waals surface area contributed by atoms with Gasteiger partial charge in [-0.05, 0) is 56.2 Å². The second-order valence-electron chi connectivity index (χ2n) is 6.70. The van der Waals surface area contributed by atoms with Gasteiger partial charge in [0.2, 0.25) is 0 Å². The Balaban J connectivity index is 1.67. The number of carbonyl (C=O) groups is 2. The van der Waals surface area contributed by atoms with Crippen molar-refractivity contribution in [2.75, 3.05) is 6.54 Å². The quantitative estimate of drug-likeness (QED) is 0.568. The Morgan fingerprint density at radius 1 is 1.21 bits per heavy atom. The van der Waals surface area contributed by atoms with Crippen LogP contribution in [-0.2, 0) is 0 Å². The maximum Gasteiger partial charge on any atom is 0.274 e. The molecular formula is C20H21N7O2. The van der Waals surface area contributed by atoms with Crippen LogP contribution in [0.3, 0.4) is 0 Å². The molecule has 4 rings (SSSR count). The van der Waals surface area contributed by atoms with Crippen molar-refractivity contribution in [2.45, 2.75) is 25.8 Å². The van der Waals surface area contributed by atoms with Gasteiger partial charge in [0, 0.05) is 30.5 Å². The lowest BCUT2D eigenvalue weighted by Crippen LogP contribution is -2.26. The van der Waals surface area contributed by atoms with Crippen LogP contribution in [0.5, 0.6) is 0 Å². The van der Waals surface area contributed by atoms with Crippen LogP contribution in [0.2, 0.25) is 0 Å². The number of benzene rings is 1. The predicted octanol–water partition coefficient (Wildman–Crippen LogP) is 1.80. The van der Waals surface area contributed by atoms with Crippen LogP contribution >= 0.6 is 0 Å². The average molecular weight is 391 g/mol. The van der Waals surface area contributed by atoms with Crippen molar-refractivity contribution < 1.29 is 9.59 Å². The Morgan fingerprint density at radius 3 is 2.66 bits per heavy atom. The van der Waals surface area contributed by atoms with E-state index in [1.54, 1.807) is 53.5 Å². The molecule has 1 aromatic carbocycles. The van der Waals surface area contributed by atoms with Crippen molar-refractivity contribution in [1.29, 1.82) is 0 Å². The zero-order valence-electron chi connectivity index (χ0n) is 15.9. The normalized spacial score (nSPS) is 13.6. The molecule has 1 fully saturated rings. The first-order valence-electron chi connectivity index (χ1n) is 9.48. The van der Waals surface area contributed by atoms with E-state index in [0.717, 1.165) is 12.8 Å². The molecule has 0 atom stereocenters. The Morgan fingerprint density at radius 2 is 2.00 bits per heavy atom. The van der Waals surface area contributed by atoms with E-state index < -0.39 is 0 Å². The van der Waals surface area contributed by atoms with Gasteiger partial charge in [-0.3, -0.25) is 9.59 Å². The number of amides is 2. The first-order valence-corrected chi connectivity index (χ1v) is 9.48. The van der Waals surface area contributed by atoms with E-state index in [1.165, 1.54) is 0 Å². The fraction of sp³-hybridized carbons (Fsp3) is 0.250. The number of aromatic nitrogens is 5. The van der Waals surface area contributed by atoms with Gasteiger partial charge in [0.15, 0.2) is 5.69 Å². The third-order valence-corrected chi connectivity index (χ3v) is 4.46. The number of H-pyrrole nitrogens is 1. The number of nitrogens with zero attached hydrogens (tertiary/aromatic N) is 4. The lowest BCUT2D eigenvalue weighted by molar-refractivity contribution is 0.0941. The molecule has 1 aliphatic carbocycles. The van der Waals surface area contributed by atoms with Crippen molar-refractivity contribution in [3.05, 3.63) is 59.4 Å². The van der Waals surface area contributed by atoms with E-state index in [1.807, 2.05) is 6.92 Å². The molecule has 0 spiro atoms. The number of nitrogens with one attached hydrogen (secondary N) is 3. The number of hydrogen-bond donors (Lipinski definition) is 3. The molecule has 148 valence electrons. The third-order valence-electron chi connectivity index (χ3n) is 4.46. The molecule has 9 heteroatoms. The molecule has 2 aromatic heterocycles. The molecule has 3 aromatic rings. The molecule has 1 saturated carbocycles. The van der Waals surface area contributed by atoms with Crippen LogP contribution in [0.1, 0.15) is 52.1 Å². The van der Waals surface area contributed by atoms with E-state index in [9.17, 15) is 9.59 Å². The van der Waals surface area contributed by atoms with Crippen LogP contribution in [0.15, 0.2) is 36.7 Å². The Hall–Kier alpha value is -3.75. The molecular weight excluding hydrogens is 370 g/mol. The largest absolute Gasteiger partial charge is 0.352 e. The molecule has 2 heterocycles. The van der Waals surface area contributed by atoms with Crippen molar-refractivity contribution in [2.24, 2.45) is 0 Å². The number of imidazole rings is 1. The van der Waals surface area contributed by atoms with E-state index in [0.29, 0.717) is 29.3 Å². The van der Waals surface area contributed by atoms with E-state index in [4.69, 9.17) is 0 Å². The van der Waals surface area contributed by atoms with Gasteiger partial charge in [0.25, 0.3) is 11.8 Å². The summed E-state index contributed by atoms with van der Waals surface area (Å²) in [4.78, 5) is 31.7. The fourth-order valence-electron chi connectivity index (χ4n) is 2.82. The Kier molecular flexibility index (Phi) is 5.19. The summed E-state index contributed by atoms with van der Waals surface area (Å²) < 4.78 is 1.57. The minimum Gasteiger partial charge on any atom is -0.352 e. The highest BCUT2D eigenvalue weighted by molar-refractivity contribution is 5.96. The van der Waals surface area contributed by atoms with Gasteiger partial charge < -0.3 is 15.6 Å². The van der Waals surface area contributed by atoms with Crippen LogP contribution in [0.4, 0.5) is 0 Å². The second-order valence-corrected chi connectivity index (χ2v) is 6.70. The Bertz CT molecular complexity index is 1030. The van der Waals surface area contributed by atoms with Gasteiger partial charge in [0.05, 0.1) is 5.69 Å². The first kappa shape index (κ1) is 18.6. The van der Waals surface area contributed by atoms with Gasteiger partial charge in [0.1, 0.15) is 11.5 Å². The van der Waals surface area contributed by atoms with E-state index in [2.05, 4.69) is 30.9 Å². The lowest BCUT2D eigenvalue weighted by Gasteiger charge is -2.07. The van der Waals surface area contributed by atoms with Gasteiger partial charge >= 0.3 is 0 Å². The van der Waals surface area contributed by atoms with Crippen LogP contribution in [0.25, 0.3) is 17.8 Å². The molecule has 0 bridgehead atoms. The zero-order valence-corrected chi connectivity index (χ0v) is 15.9. The summed E-state index contributed by atoms with van der Waals surface area (Å²) >= 11 is 0. The molecule has 0 unspecified atom stereocenters. The van der Waals surface area contributed by atoms with Crippen molar-refractivity contribution in [3.8, 4) is 5.69 Å². The number of hydrogen-bond acceptors (Lipinski definition) is 5. The average Bonchev–Trinajstić information content (AvgIpc) is 3.21. The van der Waals surface area contributed by atoms with Gasteiger partial charge in [-0.1, -0.05) is 5.21 Å². The summed E-state index contributed by atoms with van der Waals surface area (Å²) in [6.45, 7) is 2.43. The molecule has 29 heavy (non-hydrogen) atoms. The minimum atomic E-state index is -0.253. The van der Waals surface area contributed by atoms with Crippen LogP contribution in [0, 0.1) is 0 Å². The maximum atomic E-state index is 12.6. The first-order chi connectivity index (χ1) is 14.2. The minimum absolute atomic E-state index is 0.139. The van der Waals surface area contributed by atoms with E-state index >= 15 is 0 Å². The topological polar surface area (TPSA) is 118 Å². The Labute approximate surface area is 167 Å². The maximum absolute atomic E-state index is 12.6. The van der Waals surface area contributed by atoms with Gasteiger partial charge in [-0.15, -0.1) is 5.10 Å². The smallest absolute Gasteiger partial charge is 0.274 e. The molecule has 0 aliphatic heterocycles.